The molecule has 0 radical (unpaired) electrons. The highest BCUT2D eigenvalue weighted by Gasteiger charge is 2.37. The van der Waals surface area contributed by atoms with Gasteiger partial charge in [0.05, 0.1) is 11.3 Å². The van der Waals surface area contributed by atoms with Gasteiger partial charge >= 0.3 is 0 Å². The molecule has 1 amide bonds. The molecule has 1 aliphatic carbocycles. The number of nitrogens with two attached hydrogens (primary N) is 1. The minimum absolute atomic E-state index is 0.400. The van der Waals surface area contributed by atoms with Gasteiger partial charge in [-0.2, -0.15) is 0 Å². The first-order chi connectivity index (χ1) is 7.47. The lowest BCUT2D eigenvalue weighted by atomic mass is 10.2. The molecule has 0 aromatic carbocycles. The Balaban J connectivity index is 2.33. The van der Waals surface area contributed by atoms with Gasteiger partial charge in [0.1, 0.15) is 0 Å². The SMILES string of the molecule is COCCCC(N)C(=O)NS(=O)(=O)C1CC1. The lowest BCUT2D eigenvalue weighted by molar-refractivity contribution is -0.120. The van der Waals surface area contributed by atoms with Crippen LogP contribution in [0.5, 0.6) is 0 Å². The Morgan fingerprint density at radius 1 is 1.56 bits per heavy atom. The minimum atomic E-state index is -3.47. The normalized spacial score (nSPS) is 18.1. The van der Waals surface area contributed by atoms with Crippen LogP contribution in [0.3, 0.4) is 0 Å². The van der Waals surface area contributed by atoms with Crippen LogP contribution >= 0.6 is 0 Å². The van der Waals surface area contributed by atoms with Crippen molar-refractivity contribution in [3.05, 3.63) is 0 Å². The number of rotatable bonds is 7. The second kappa shape index (κ2) is 5.60. The van der Waals surface area contributed by atoms with Crippen molar-refractivity contribution >= 4 is 15.9 Å². The molecule has 0 heterocycles. The Morgan fingerprint density at radius 2 is 2.19 bits per heavy atom. The van der Waals surface area contributed by atoms with E-state index in [9.17, 15) is 13.2 Å². The molecule has 0 saturated heterocycles. The van der Waals surface area contributed by atoms with Crippen molar-refractivity contribution in [3.63, 3.8) is 0 Å². The predicted octanol–water partition coefficient (Wildman–Crippen LogP) is -0.651. The molecule has 1 fully saturated rings. The van der Waals surface area contributed by atoms with Crippen LogP contribution in [0.1, 0.15) is 25.7 Å². The Kier molecular flexibility index (Phi) is 4.69. The summed E-state index contributed by atoms with van der Waals surface area (Å²) in [6, 6.07) is -0.788. The molecule has 1 saturated carbocycles. The van der Waals surface area contributed by atoms with E-state index in [0.717, 1.165) is 0 Å². The Labute approximate surface area is 95.6 Å². The molecule has 7 heteroatoms. The minimum Gasteiger partial charge on any atom is -0.385 e. The zero-order valence-corrected chi connectivity index (χ0v) is 10.1. The van der Waals surface area contributed by atoms with Crippen molar-refractivity contribution in [1.29, 1.82) is 0 Å². The first kappa shape index (κ1) is 13.4. The van der Waals surface area contributed by atoms with E-state index in [2.05, 4.69) is 0 Å². The van der Waals surface area contributed by atoms with Crippen LogP contribution in [0, 0.1) is 0 Å². The fourth-order valence-corrected chi connectivity index (χ4v) is 2.61. The van der Waals surface area contributed by atoms with E-state index in [1.165, 1.54) is 0 Å². The fourth-order valence-electron chi connectivity index (χ4n) is 1.26. The summed E-state index contributed by atoms with van der Waals surface area (Å²) in [7, 11) is -1.91. The zero-order chi connectivity index (χ0) is 12.2. The van der Waals surface area contributed by atoms with Gasteiger partial charge in [-0.25, -0.2) is 8.42 Å². The van der Waals surface area contributed by atoms with Crippen molar-refractivity contribution in [3.8, 4) is 0 Å². The van der Waals surface area contributed by atoms with E-state index in [1.807, 2.05) is 4.72 Å². The number of nitrogens with one attached hydrogen (secondary N) is 1. The van der Waals surface area contributed by atoms with Gasteiger partial charge in [0.2, 0.25) is 15.9 Å². The molecule has 6 nitrogen and oxygen atoms in total. The van der Waals surface area contributed by atoms with E-state index in [1.54, 1.807) is 7.11 Å². The molecule has 1 atom stereocenters. The monoisotopic (exact) mass is 250 g/mol. The molecule has 3 N–H and O–H groups in total. The maximum Gasteiger partial charge on any atom is 0.250 e. The van der Waals surface area contributed by atoms with Gasteiger partial charge in [-0.15, -0.1) is 0 Å². The van der Waals surface area contributed by atoms with Crippen LogP contribution in [0.15, 0.2) is 0 Å². The van der Waals surface area contributed by atoms with Gasteiger partial charge in [0, 0.05) is 13.7 Å². The molecule has 0 aromatic rings. The summed E-state index contributed by atoms with van der Waals surface area (Å²) in [5.74, 6) is -0.622. The molecule has 1 rings (SSSR count). The standard InChI is InChI=1S/C9H18N2O4S/c1-15-6-2-3-8(10)9(12)11-16(13,14)7-4-5-7/h7-8H,2-6,10H2,1H3,(H,11,12). The van der Waals surface area contributed by atoms with E-state index >= 15 is 0 Å². The van der Waals surface area contributed by atoms with Crippen molar-refractivity contribution < 1.29 is 17.9 Å². The number of sulfonamides is 1. The van der Waals surface area contributed by atoms with Gasteiger partial charge in [0.25, 0.3) is 0 Å². The molecule has 0 bridgehead atoms. The summed E-state index contributed by atoms with van der Waals surface area (Å²) in [6.45, 7) is 0.510. The number of hydrogen-bond donors (Lipinski definition) is 2. The largest absolute Gasteiger partial charge is 0.385 e. The second-order valence-corrected chi connectivity index (χ2v) is 5.91. The topological polar surface area (TPSA) is 98.5 Å². The average Bonchev–Trinajstić information content (AvgIpc) is 3.00. The third kappa shape index (κ3) is 4.07. The highest BCUT2D eigenvalue weighted by Crippen LogP contribution is 2.27. The third-order valence-corrected chi connectivity index (χ3v) is 4.24. The van der Waals surface area contributed by atoms with Gasteiger partial charge < -0.3 is 10.5 Å². The van der Waals surface area contributed by atoms with Crippen LogP contribution in [0.2, 0.25) is 0 Å². The Bertz CT molecular complexity index is 337. The van der Waals surface area contributed by atoms with Crippen molar-refractivity contribution in [1.82, 2.24) is 4.72 Å². The van der Waals surface area contributed by atoms with Crippen molar-refractivity contribution in [2.75, 3.05) is 13.7 Å². The molecule has 0 aromatic heterocycles. The molecular formula is C9H18N2O4S. The zero-order valence-electron chi connectivity index (χ0n) is 9.31. The summed E-state index contributed by atoms with van der Waals surface area (Å²) >= 11 is 0. The lowest BCUT2D eigenvalue weighted by Crippen LogP contribution is -2.44. The number of hydrogen-bond acceptors (Lipinski definition) is 5. The van der Waals surface area contributed by atoms with E-state index < -0.39 is 27.2 Å². The van der Waals surface area contributed by atoms with Crippen LogP contribution in [0.25, 0.3) is 0 Å². The summed E-state index contributed by atoms with van der Waals surface area (Å²) in [5, 5.41) is -0.400. The summed E-state index contributed by atoms with van der Waals surface area (Å²) in [5.41, 5.74) is 5.55. The van der Waals surface area contributed by atoms with Gasteiger partial charge in [0.15, 0.2) is 0 Å². The Hall–Kier alpha value is -0.660. The van der Waals surface area contributed by atoms with Crippen LogP contribution < -0.4 is 10.5 Å². The average molecular weight is 250 g/mol. The molecule has 94 valence electrons. The number of methoxy groups -OCH3 is 1. The number of amides is 1. The summed E-state index contributed by atoms with van der Waals surface area (Å²) in [6.07, 6.45) is 2.30. The molecule has 1 aliphatic rings. The van der Waals surface area contributed by atoms with Crippen LogP contribution in [-0.2, 0) is 19.6 Å². The summed E-state index contributed by atoms with van der Waals surface area (Å²) < 4.78 is 29.7. The van der Waals surface area contributed by atoms with Crippen LogP contribution in [0.4, 0.5) is 0 Å². The third-order valence-electron chi connectivity index (χ3n) is 2.41. The van der Waals surface area contributed by atoms with Gasteiger partial charge in [-0.3, -0.25) is 9.52 Å². The van der Waals surface area contributed by atoms with E-state index in [4.69, 9.17) is 10.5 Å². The number of carbonyl (C=O) groups excluding carboxylic acids is 1. The second-order valence-electron chi connectivity index (χ2n) is 3.95. The highest BCUT2D eigenvalue weighted by atomic mass is 32.2. The molecular weight excluding hydrogens is 232 g/mol. The smallest absolute Gasteiger partial charge is 0.250 e. The van der Waals surface area contributed by atoms with Crippen molar-refractivity contribution in [2.45, 2.75) is 37.0 Å². The first-order valence-electron chi connectivity index (χ1n) is 5.27. The van der Waals surface area contributed by atoms with Crippen LogP contribution in [-0.4, -0.2) is 39.3 Å². The van der Waals surface area contributed by atoms with E-state index in [-0.39, 0.29) is 0 Å². The van der Waals surface area contributed by atoms with E-state index in [0.29, 0.717) is 32.3 Å². The maximum absolute atomic E-state index is 11.4. The van der Waals surface area contributed by atoms with Gasteiger partial charge in [-0.1, -0.05) is 0 Å². The van der Waals surface area contributed by atoms with Gasteiger partial charge in [-0.05, 0) is 25.7 Å². The number of ether oxygens (including phenoxy) is 1. The predicted molar refractivity (Wildman–Crippen MR) is 59.2 cm³/mol. The molecule has 1 unspecified atom stereocenters. The first-order valence-corrected chi connectivity index (χ1v) is 6.82. The molecule has 0 spiro atoms. The molecule has 16 heavy (non-hydrogen) atoms. The fraction of sp³-hybridized carbons (Fsp3) is 0.889. The lowest BCUT2D eigenvalue weighted by Gasteiger charge is -2.11. The molecule has 0 aliphatic heterocycles. The maximum atomic E-state index is 11.4. The summed E-state index contributed by atoms with van der Waals surface area (Å²) in [4.78, 5) is 11.4. The number of carbonyl (C=O) groups is 1. The highest BCUT2D eigenvalue weighted by molar-refractivity contribution is 7.90. The van der Waals surface area contributed by atoms with Crippen molar-refractivity contribution in [2.24, 2.45) is 5.73 Å². The Morgan fingerprint density at radius 3 is 2.69 bits per heavy atom. The quantitative estimate of drug-likeness (QED) is 0.585.